The second-order valence-electron chi connectivity index (χ2n) is 6.33. The summed E-state index contributed by atoms with van der Waals surface area (Å²) < 4.78 is 0. The largest absolute Gasteiger partial charge is 0.504 e. The highest BCUT2D eigenvalue weighted by atomic mass is 16.3. The van der Waals surface area contributed by atoms with Crippen LogP contribution in [0.15, 0.2) is 54.6 Å². The van der Waals surface area contributed by atoms with Crippen LogP contribution in [-0.4, -0.2) is 16.8 Å². The number of rotatable bonds is 1. The fraction of sp³-hybridized carbons (Fsp3) is 0.200. The summed E-state index contributed by atoms with van der Waals surface area (Å²) >= 11 is 0. The molecular weight excluding hydrogens is 286 g/mol. The van der Waals surface area contributed by atoms with Crippen LogP contribution in [0.2, 0.25) is 0 Å². The Balaban J connectivity index is 2.00. The Morgan fingerprint density at radius 1 is 0.913 bits per heavy atom. The van der Waals surface area contributed by atoms with Crippen LogP contribution >= 0.6 is 0 Å². The van der Waals surface area contributed by atoms with Crippen LogP contribution in [-0.2, 0) is 12.0 Å². The van der Waals surface area contributed by atoms with E-state index in [0.29, 0.717) is 0 Å². The third-order valence-corrected chi connectivity index (χ3v) is 4.94. The number of hydrogen-bond acceptors (Lipinski definition) is 3. The van der Waals surface area contributed by atoms with Crippen LogP contribution in [0.1, 0.15) is 23.6 Å². The molecule has 1 aliphatic rings. The van der Waals surface area contributed by atoms with Crippen LogP contribution in [0.5, 0.6) is 11.5 Å². The van der Waals surface area contributed by atoms with Crippen molar-refractivity contribution in [3.05, 3.63) is 71.3 Å². The van der Waals surface area contributed by atoms with Gasteiger partial charge in [-0.15, -0.1) is 0 Å². The summed E-state index contributed by atoms with van der Waals surface area (Å²) in [5, 5.41) is 25.8. The first kappa shape index (κ1) is 14.1. The van der Waals surface area contributed by atoms with Gasteiger partial charge in [0.15, 0.2) is 11.5 Å². The second-order valence-corrected chi connectivity index (χ2v) is 6.33. The van der Waals surface area contributed by atoms with E-state index < -0.39 is 5.54 Å². The molecule has 1 heterocycles. The fourth-order valence-corrected chi connectivity index (χ4v) is 3.74. The first-order valence-corrected chi connectivity index (χ1v) is 7.88. The van der Waals surface area contributed by atoms with Gasteiger partial charge in [0.2, 0.25) is 0 Å². The normalized spacial score (nSPS) is 20.4. The topological polar surface area (TPSA) is 52.5 Å². The maximum absolute atomic E-state index is 9.99. The summed E-state index contributed by atoms with van der Waals surface area (Å²) in [6.45, 7) is 2.97. The molecule has 3 aromatic rings. The van der Waals surface area contributed by atoms with E-state index in [0.717, 1.165) is 24.1 Å². The van der Waals surface area contributed by atoms with Gasteiger partial charge in [-0.1, -0.05) is 42.5 Å². The highest BCUT2D eigenvalue weighted by molar-refractivity contribution is 5.87. The van der Waals surface area contributed by atoms with E-state index in [1.807, 2.05) is 12.1 Å². The molecule has 0 spiro atoms. The summed E-state index contributed by atoms with van der Waals surface area (Å²) in [5.74, 6) is -0.121. The molecule has 23 heavy (non-hydrogen) atoms. The molecule has 1 atom stereocenters. The Kier molecular flexibility index (Phi) is 3.06. The maximum Gasteiger partial charge on any atom is 0.157 e. The van der Waals surface area contributed by atoms with Crippen LogP contribution in [0.3, 0.4) is 0 Å². The molecule has 1 aliphatic heterocycles. The molecule has 0 amide bonds. The Hall–Kier alpha value is -2.52. The first-order valence-electron chi connectivity index (χ1n) is 7.88. The Bertz CT molecular complexity index is 898. The van der Waals surface area contributed by atoms with Gasteiger partial charge in [-0.25, -0.2) is 0 Å². The van der Waals surface area contributed by atoms with Crippen molar-refractivity contribution in [3.8, 4) is 11.5 Å². The fourth-order valence-electron chi connectivity index (χ4n) is 3.74. The maximum atomic E-state index is 9.99. The minimum absolute atomic E-state index is 0.0501. The van der Waals surface area contributed by atoms with Crippen LogP contribution in [0.25, 0.3) is 10.8 Å². The third kappa shape index (κ3) is 2.08. The summed E-state index contributed by atoms with van der Waals surface area (Å²) in [5.41, 5.74) is 2.88. The molecule has 0 bridgehead atoms. The van der Waals surface area contributed by atoms with E-state index in [1.54, 1.807) is 12.1 Å². The smallest absolute Gasteiger partial charge is 0.157 e. The second kappa shape index (κ2) is 5.00. The van der Waals surface area contributed by atoms with Crippen molar-refractivity contribution in [1.82, 2.24) is 5.32 Å². The van der Waals surface area contributed by atoms with Crippen molar-refractivity contribution in [2.24, 2.45) is 0 Å². The Morgan fingerprint density at radius 3 is 2.52 bits per heavy atom. The highest BCUT2D eigenvalue weighted by Crippen LogP contribution is 2.41. The summed E-state index contributed by atoms with van der Waals surface area (Å²) in [7, 11) is 0. The highest BCUT2D eigenvalue weighted by Gasteiger charge is 2.35. The lowest BCUT2D eigenvalue weighted by Crippen LogP contribution is -2.45. The molecule has 3 nitrogen and oxygen atoms in total. The average Bonchev–Trinajstić information content (AvgIpc) is 2.56. The lowest BCUT2D eigenvalue weighted by atomic mass is 9.77. The summed E-state index contributed by atoms with van der Waals surface area (Å²) in [6, 6.07) is 18.0. The van der Waals surface area contributed by atoms with Crippen molar-refractivity contribution in [3.63, 3.8) is 0 Å². The predicted octanol–water partition coefficient (Wildman–Crippen LogP) is 3.66. The standard InChI is InChI=1S/C20H19NO2/c1-20(16-8-4-6-13-5-2-3-7-15(13)16)17-12-19(23)18(22)11-14(17)9-10-21-20/h2-8,11-12,21-23H,9-10H2,1H3. The Morgan fingerprint density at radius 2 is 1.65 bits per heavy atom. The average molecular weight is 305 g/mol. The zero-order chi connectivity index (χ0) is 16.0. The number of hydrogen-bond donors (Lipinski definition) is 3. The van der Waals surface area contributed by atoms with Crippen molar-refractivity contribution in [1.29, 1.82) is 0 Å². The monoisotopic (exact) mass is 305 g/mol. The molecule has 0 fully saturated rings. The third-order valence-electron chi connectivity index (χ3n) is 4.94. The molecule has 3 heteroatoms. The number of aromatic hydroxyl groups is 2. The van der Waals surface area contributed by atoms with E-state index in [-0.39, 0.29) is 11.5 Å². The van der Waals surface area contributed by atoms with Gasteiger partial charge in [-0.3, -0.25) is 0 Å². The van der Waals surface area contributed by atoms with Gasteiger partial charge in [0, 0.05) is 6.54 Å². The van der Waals surface area contributed by atoms with Crippen LogP contribution in [0, 0.1) is 0 Å². The molecule has 4 rings (SSSR count). The molecule has 0 saturated carbocycles. The number of phenols is 2. The molecule has 1 unspecified atom stereocenters. The molecular formula is C20H19NO2. The van der Waals surface area contributed by atoms with Crippen molar-refractivity contribution >= 4 is 10.8 Å². The lowest BCUT2D eigenvalue weighted by molar-refractivity contribution is 0.386. The summed E-state index contributed by atoms with van der Waals surface area (Å²) in [6.07, 6.45) is 0.837. The number of nitrogens with one attached hydrogen (secondary N) is 1. The van der Waals surface area contributed by atoms with Gasteiger partial charge in [-0.2, -0.15) is 0 Å². The molecule has 3 aromatic carbocycles. The van der Waals surface area contributed by atoms with Gasteiger partial charge in [0.1, 0.15) is 0 Å². The van der Waals surface area contributed by atoms with E-state index in [1.165, 1.54) is 16.3 Å². The number of benzene rings is 3. The zero-order valence-corrected chi connectivity index (χ0v) is 13.0. The van der Waals surface area contributed by atoms with E-state index in [2.05, 4.69) is 42.6 Å². The van der Waals surface area contributed by atoms with Crippen LogP contribution < -0.4 is 5.32 Å². The number of fused-ring (bicyclic) bond motifs is 2. The van der Waals surface area contributed by atoms with Crippen LogP contribution in [0.4, 0.5) is 0 Å². The van der Waals surface area contributed by atoms with Crippen molar-refractivity contribution < 1.29 is 10.2 Å². The minimum atomic E-state index is -0.403. The zero-order valence-electron chi connectivity index (χ0n) is 13.0. The number of phenolic OH excluding ortho intramolecular Hbond substituents is 2. The molecule has 3 N–H and O–H groups in total. The molecule has 0 aromatic heterocycles. The van der Waals surface area contributed by atoms with Crippen molar-refractivity contribution in [2.75, 3.05) is 6.54 Å². The van der Waals surface area contributed by atoms with Gasteiger partial charge < -0.3 is 15.5 Å². The van der Waals surface area contributed by atoms with E-state index >= 15 is 0 Å². The first-order chi connectivity index (χ1) is 11.1. The van der Waals surface area contributed by atoms with Gasteiger partial charge in [0.05, 0.1) is 5.54 Å². The van der Waals surface area contributed by atoms with Crippen molar-refractivity contribution in [2.45, 2.75) is 18.9 Å². The molecule has 0 saturated heterocycles. The SMILES string of the molecule is CC1(c2cccc3ccccc23)NCCc2cc(O)c(O)cc21. The Labute approximate surface area is 135 Å². The summed E-state index contributed by atoms with van der Waals surface area (Å²) in [4.78, 5) is 0. The van der Waals surface area contributed by atoms with Gasteiger partial charge >= 0.3 is 0 Å². The lowest BCUT2D eigenvalue weighted by Gasteiger charge is -2.38. The predicted molar refractivity (Wildman–Crippen MR) is 91.9 cm³/mol. The van der Waals surface area contributed by atoms with E-state index in [4.69, 9.17) is 0 Å². The van der Waals surface area contributed by atoms with Gasteiger partial charge in [-0.05, 0) is 52.9 Å². The quantitative estimate of drug-likeness (QED) is 0.601. The van der Waals surface area contributed by atoms with Gasteiger partial charge in [0.25, 0.3) is 0 Å². The molecule has 116 valence electrons. The molecule has 0 aliphatic carbocycles. The molecule has 0 radical (unpaired) electrons. The minimum Gasteiger partial charge on any atom is -0.504 e. The van der Waals surface area contributed by atoms with E-state index in [9.17, 15) is 10.2 Å².